The van der Waals surface area contributed by atoms with Gasteiger partial charge in [0.2, 0.25) is 0 Å². The maximum absolute atomic E-state index is 12.7. The van der Waals surface area contributed by atoms with Gasteiger partial charge in [-0.1, -0.05) is 22.9 Å². The number of nitrogens with one attached hydrogen (secondary N) is 1. The third-order valence-electron chi connectivity index (χ3n) is 4.02. The largest absolute Gasteiger partial charge is 0.321 e. The smallest absolute Gasteiger partial charge is 0.266 e. The molecule has 0 aliphatic heterocycles. The number of thiophene rings is 1. The first-order chi connectivity index (χ1) is 11.9. The van der Waals surface area contributed by atoms with Crippen LogP contribution in [-0.2, 0) is 6.54 Å². The highest BCUT2D eigenvalue weighted by atomic mass is 79.9. The Morgan fingerprint density at radius 2 is 2.12 bits per heavy atom. The molecular formula is C18H18BrN3O2S. The first kappa shape index (κ1) is 17.8. The highest BCUT2D eigenvalue weighted by Gasteiger charge is 2.20. The lowest BCUT2D eigenvalue weighted by molar-refractivity contribution is 0.103. The molecule has 1 N–H and O–H groups in total. The van der Waals surface area contributed by atoms with Gasteiger partial charge in [-0.05, 0) is 49.6 Å². The van der Waals surface area contributed by atoms with E-state index in [1.807, 2.05) is 39.0 Å². The summed E-state index contributed by atoms with van der Waals surface area (Å²) in [5, 5.41) is 3.47. The van der Waals surface area contributed by atoms with Crippen LogP contribution in [0.1, 0.15) is 34.1 Å². The average molecular weight is 420 g/mol. The Morgan fingerprint density at radius 1 is 1.36 bits per heavy atom. The zero-order valence-corrected chi connectivity index (χ0v) is 16.6. The van der Waals surface area contributed by atoms with E-state index in [2.05, 4.69) is 26.2 Å². The lowest BCUT2D eigenvalue weighted by Gasteiger charge is -2.08. The van der Waals surface area contributed by atoms with Gasteiger partial charge < -0.3 is 5.32 Å². The summed E-state index contributed by atoms with van der Waals surface area (Å²) < 4.78 is 2.56. The van der Waals surface area contributed by atoms with Gasteiger partial charge in [-0.25, -0.2) is 4.98 Å². The molecule has 0 unspecified atom stereocenters. The van der Waals surface area contributed by atoms with E-state index in [0.717, 1.165) is 22.1 Å². The maximum atomic E-state index is 12.7. The van der Waals surface area contributed by atoms with Gasteiger partial charge in [0.05, 0.1) is 16.6 Å². The van der Waals surface area contributed by atoms with Gasteiger partial charge in [0.15, 0.2) is 0 Å². The molecule has 0 saturated heterocycles. The summed E-state index contributed by atoms with van der Waals surface area (Å²) in [6.07, 6.45) is 2.41. The summed E-state index contributed by atoms with van der Waals surface area (Å²) in [4.78, 5) is 30.8. The number of halogens is 1. The fraction of sp³-hybridized carbons (Fsp3) is 0.278. The molecule has 0 spiro atoms. The molecule has 1 aromatic carbocycles. The molecule has 7 heteroatoms. The van der Waals surface area contributed by atoms with E-state index in [4.69, 9.17) is 0 Å². The average Bonchev–Trinajstić information content (AvgIpc) is 2.90. The number of anilines is 1. The van der Waals surface area contributed by atoms with Crippen LogP contribution >= 0.6 is 27.3 Å². The van der Waals surface area contributed by atoms with Gasteiger partial charge in [0, 0.05) is 16.7 Å². The number of carbonyl (C=O) groups excluding carboxylic acids is 1. The molecule has 0 fully saturated rings. The number of nitrogens with zero attached hydrogens (tertiary/aromatic N) is 2. The number of benzene rings is 1. The summed E-state index contributed by atoms with van der Waals surface area (Å²) in [6, 6.07) is 5.68. The SMILES string of the molecule is CCCn1cnc2sc(C(=O)Nc3ccc(Br)cc3C)c(C)c2c1=O. The zero-order chi connectivity index (χ0) is 18.1. The summed E-state index contributed by atoms with van der Waals surface area (Å²) >= 11 is 4.67. The molecular weight excluding hydrogens is 402 g/mol. The molecule has 1 amide bonds. The van der Waals surface area contributed by atoms with Gasteiger partial charge in [0.25, 0.3) is 11.5 Å². The lowest BCUT2D eigenvalue weighted by Crippen LogP contribution is -2.20. The van der Waals surface area contributed by atoms with Gasteiger partial charge in [0.1, 0.15) is 4.83 Å². The van der Waals surface area contributed by atoms with Gasteiger partial charge in [-0.15, -0.1) is 11.3 Å². The van der Waals surface area contributed by atoms with Crippen molar-refractivity contribution in [3.63, 3.8) is 0 Å². The van der Waals surface area contributed by atoms with Crippen molar-refractivity contribution in [3.05, 3.63) is 55.4 Å². The highest BCUT2D eigenvalue weighted by molar-refractivity contribution is 9.10. The summed E-state index contributed by atoms with van der Waals surface area (Å²) in [7, 11) is 0. The predicted molar refractivity (Wildman–Crippen MR) is 106 cm³/mol. The number of aromatic nitrogens is 2. The van der Waals surface area contributed by atoms with Crippen molar-refractivity contribution in [2.24, 2.45) is 0 Å². The molecule has 0 saturated carbocycles. The summed E-state index contributed by atoms with van der Waals surface area (Å²) in [5.74, 6) is -0.215. The predicted octanol–water partition coefficient (Wildman–Crippen LogP) is 4.50. The quantitative estimate of drug-likeness (QED) is 0.676. The number of amides is 1. The van der Waals surface area contributed by atoms with Crippen LogP contribution in [0.5, 0.6) is 0 Å². The molecule has 25 heavy (non-hydrogen) atoms. The minimum Gasteiger partial charge on any atom is -0.321 e. The van der Waals surface area contributed by atoms with Crippen LogP contribution in [0, 0.1) is 13.8 Å². The van der Waals surface area contributed by atoms with E-state index in [-0.39, 0.29) is 11.5 Å². The number of hydrogen-bond donors (Lipinski definition) is 1. The molecule has 3 aromatic rings. The van der Waals surface area contributed by atoms with Crippen molar-refractivity contribution < 1.29 is 4.79 Å². The van der Waals surface area contributed by atoms with E-state index < -0.39 is 0 Å². The molecule has 0 aliphatic rings. The third-order valence-corrected chi connectivity index (χ3v) is 5.72. The molecule has 0 aliphatic carbocycles. The molecule has 2 heterocycles. The molecule has 5 nitrogen and oxygen atoms in total. The Bertz CT molecular complexity index is 1020. The maximum Gasteiger partial charge on any atom is 0.266 e. The number of hydrogen-bond acceptors (Lipinski definition) is 4. The van der Waals surface area contributed by atoms with E-state index in [0.29, 0.717) is 27.2 Å². The molecule has 0 bridgehead atoms. The van der Waals surface area contributed by atoms with Crippen LogP contribution < -0.4 is 10.9 Å². The van der Waals surface area contributed by atoms with Crippen LogP contribution in [0.15, 0.2) is 33.8 Å². The van der Waals surface area contributed by atoms with E-state index in [1.165, 1.54) is 11.3 Å². The number of fused-ring (bicyclic) bond motifs is 1. The Hall–Kier alpha value is -1.99. The molecule has 0 radical (unpaired) electrons. The van der Waals surface area contributed by atoms with Crippen LogP contribution in [-0.4, -0.2) is 15.5 Å². The Kier molecular flexibility index (Phi) is 5.06. The number of carbonyl (C=O) groups is 1. The minimum atomic E-state index is -0.215. The summed E-state index contributed by atoms with van der Waals surface area (Å²) in [6.45, 7) is 6.37. The van der Waals surface area contributed by atoms with Crippen LogP contribution in [0.4, 0.5) is 5.69 Å². The van der Waals surface area contributed by atoms with Gasteiger partial charge >= 0.3 is 0 Å². The topological polar surface area (TPSA) is 64.0 Å². The van der Waals surface area contributed by atoms with E-state index in [9.17, 15) is 9.59 Å². The first-order valence-electron chi connectivity index (χ1n) is 7.98. The Labute approximate surface area is 157 Å². The minimum absolute atomic E-state index is 0.0838. The summed E-state index contributed by atoms with van der Waals surface area (Å²) in [5.41, 5.74) is 2.32. The molecule has 0 atom stereocenters. The molecule has 130 valence electrons. The Balaban J connectivity index is 2.01. The molecule has 2 aromatic heterocycles. The fourth-order valence-corrected chi connectivity index (χ4v) is 4.23. The van der Waals surface area contributed by atoms with Crippen LogP contribution in [0.3, 0.4) is 0 Å². The van der Waals surface area contributed by atoms with Crippen molar-refractivity contribution >= 4 is 49.1 Å². The van der Waals surface area contributed by atoms with E-state index >= 15 is 0 Å². The normalized spacial score (nSPS) is 11.0. The first-order valence-corrected chi connectivity index (χ1v) is 9.59. The monoisotopic (exact) mass is 419 g/mol. The standard InChI is InChI=1S/C18H18BrN3O2S/c1-4-7-22-9-20-17-14(18(22)24)11(3)15(25-17)16(23)21-13-6-5-12(19)8-10(13)2/h5-6,8-9H,4,7H2,1-3H3,(H,21,23). The number of rotatable bonds is 4. The second kappa shape index (κ2) is 7.09. The van der Waals surface area contributed by atoms with Crippen molar-refractivity contribution in [2.75, 3.05) is 5.32 Å². The van der Waals surface area contributed by atoms with Gasteiger partial charge in [-0.2, -0.15) is 0 Å². The lowest BCUT2D eigenvalue weighted by atomic mass is 10.2. The number of aryl methyl sites for hydroxylation is 3. The van der Waals surface area contributed by atoms with Crippen molar-refractivity contribution in [1.82, 2.24) is 9.55 Å². The van der Waals surface area contributed by atoms with Crippen LogP contribution in [0.25, 0.3) is 10.2 Å². The van der Waals surface area contributed by atoms with Crippen molar-refractivity contribution in [3.8, 4) is 0 Å². The second-order valence-electron chi connectivity index (χ2n) is 5.89. The van der Waals surface area contributed by atoms with E-state index in [1.54, 1.807) is 10.9 Å². The van der Waals surface area contributed by atoms with Crippen LogP contribution in [0.2, 0.25) is 0 Å². The molecule has 3 rings (SSSR count). The third kappa shape index (κ3) is 3.39. The van der Waals surface area contributed by atoms with Gasteiger partial charge in [-0.3, -0.25) is 14.2 Å². The highest BCUT2D eigenvalue weighted by Crippen LogP contribution is 2.28. The second-order valence-corrected chi connectivity index (χ2v) is 7.81. The zero-order valence-electron chi connectivity index (χ0n) is 14.2. The fourth-order valence-electron chi connectivity index (χ4n) is 2.72. The van der Waals surface area contributed by atoms with Crippen molar-refractivity contribution in [1.29, 1.82) is 0 Å². The van der Waals surface area contributed by atoms with Crippen molar-refractivity contribution in [2.45, 2.75) is 33.7 Å². The Morgan fingerprint density at radius 3 is 2.80 bits per heavy atom.